The van der Waals surface area contributed by atoms with Crippen molar-refractivity contribution >= 4 is 40.4 Å². The number of rotatable bonds is 8. The van der Waals surface area contributed by atoms with Crippen LogP contribution in [0.4, 0.5) is 5.69 Å². The van der Waals surface area contributed by atoms with E-state index < -0.39 is 0 Å². The first-order valence-corrected chi connectivity index (χ1v) is 10.6. The summed E-state index contributed by atoms with van der Waals surface area (Å²) < 4.78 is 5.61. The minimum atomic E-state index is -0.373. The molecule has 3 aromatic rings. The van der Waals surface area contributed by atoms with Crippen molar-refractivity contribution in [1.82, 2.24) is 15.5 Å². The van der Waals surface area contributed by atoms with Gasteiger partial charge in [0.05, 0.1) is 0 Å². The molecule has 0 fully saturated rings. The van der Waals surface area contributed by atoms with Crippen LogP contribution in [0.2, 0.25) is 5.02 Å². The molecule has 0 saturated carbocycles. The number of aromatic nitrogens is 2. The molecule has 3 rings (SSSR count). The molecule has 30 heavy (non-hydrogen) atoms. The highest BCUT2D eigenvalue weighted by molar-refractivity contribution is 7.13. The summed E-state index contributed by atoms with van der Waals surface area (Å²) in [7, 11) is 0. The summed E-state index contributed by atoms with van der Waals surface area (Å²) in [6, 6.07) is 13.8. The predicted octanol–water partition coefficient (Wildman–Crippen LogP) is 4.55. The molecule has 1 heterocycles. The van der Waals surface area contributed by atoms with Gasteiger partial charge in [0.2, 0.25) is 5.01 Å². The highest BCUT2D eigenvalue weighted by Gasteiger charge is 2.14. The molecule has 1 atom stereocenters. The Balaban J connectivity index is 1.54. The van der Waals surface area contributed by atoms with Crippen molar-refractivity contribution in [2.45, 2.75) is 32.9 Å². The third-order valence-corrected chi connectivity index (χ3v) is 5.38. The van der Waals surface area contributed by atoms with Crippen molar-refractivity contribution in [1.29, 1.82) is 0 Å². The number of hydrogen-bond acceptors (Lipinski definition) is 6. The van der Waals surface area contributed by atoms with Crippen LogP contribution in [0.15, 0.2) is 48.5 Å². The molecule has 156 valence electrons. The highest BCUT2D eigenvalue weighted by atomic mass is 35.5. The molecule has 7 nitrogen and oxygen atoms in total. The van der Waals surface area contributed by atoms with Gasteiger partial charge in [-0.25, -0.2) is 0 Å². The maximum Gasteiger partial charge on any atom is 0.286 e. The Bertz CT molecular complexity index is 1010. The fourth-order valence-electron chi connectivity index (χ4n) is 2.38. The number of benzene rings is 2. The van der Waals surface area contributed by atoms with Crippen LogP contribution in [0.1, 0.15) is 45.4 Å². The third kappa shape index (κ3) is 6.01. The lowest BCUT2D eigenvalue weighted by atomic mass is 10.1. The van der Waals surface area contributed by atoms with Crippen molar-refractivity contribution < 1.29 is 14.3 Å². The van der Waals surface area contributed by atoms with E-state index in [1.165, 1.54) is 0 Å². The Hall–Kier alpha value is -2.97. The van der Waals surface area contributed by atoms with Gasteiger partial charge in [-0.1, -0.05) is 29.9 Å². The summed E-state index contributed by atoms with van der Waals surface area (Å²) in [5, 5.41) is 15.0. The van der Waals surface area contributed by atoms with E-state index in [4.69, 9.17) is 16.3 Å². The number of ether oxygens (including phenoxy) is 1. The first-order chi connectivity index (χ1) is 14.4. The fraction of sp³-hybridized carbons (Fsp3) is 0.238. The second kappa shape index (κ2) is 10.2. The van der Waals surface area contributed by atoms with Gasteiger partial charge in [0.25, 0.3) is 11.8 Å². The molecule has 0 bridgehead atoms. The lowest BCUT2D eigenvalue weighted by Crippen LogP contribution is -2.31. The normalized spacial score (nSPS) is 11.6. The summed E-state index contributed by atoms with van der Waals surface area (Å²) in [6.07, 6.45) is 0.856. The molecule has 0 radical (unpaired) electrons. The van der Waals surface area contributed by atoms with Gasteiger partial charge in [0.15, 0.2) is 5.01 Å². The largest absolute Gasteiger partial charge is 0.486 e. The van der Waals surface area contributed by atoms with Gasteiger partial charge in [0.1, 0.15) is 12.4 Å². The Morgan fingerprint density at radius 1 is 1.07 bits per heavy atom. The number of anilines is 1. The first kappa shape index (κ1) is 21.7. The maximum absolute atomic E-state index is 12.4. The summed E-state index contributed by atoms with van der Waals surface area (Å²) in [5.41, 5.74) is 1.10. The lowest BCUT2D eigenvalue weighted by molar-refractivity contribution is 0.0938. The molecule has 0 aliphatic rings. The molecule has 0 spiro atoms. The lowest BCUT2D eigenvalue weighted by Gasteiger charge is -2.11. The van der Waals surface area contributed by atoms with Gasteiger partial charge in [0, 0.05) is 22.3 Å². The Morgan fingerprint density at radius 3 is 2.43 bits per heavy atom. The van der Waals surface area contributed by atoms with Crippen LogP contribution in [0.3, 0.4) is 0 Å². The van der Waals surface area contributed by atoms with E-state index in [1.54, 1.807) is 48.5 Å². The Labute approximate surface area is 183 Å². The SMILES string of the molecule is CC[C@H](C)NC(=O)c1ccc(NC(=O)c2nnc(COc3ccc(Cl)cc3)s2)cc1. The summed E-state index contributed by atoms with van der Waals surface area (Å²) in [6.45, 7) is 4.15. The number of halogens is 1. The van der Waals surface area contributed by atoms with Crippen LogP contribution in [0.25, 0.3) is 0 Å². The Morgan fingerprint density at radius 2 is 1.77 bits per heavy atom. The van der Waals surface area contributed by atoms with E-state index >= 15 is 0 Å². The van der Waals surface area contributed by atoms with Gasteiger partial charge in [-0.15, -0.1) is 10.2 Å². The van der Waals surface area contributed by atoms with Gasteiger partial charge in [-0.3, -0.25) is 9.59 Å². The molecule has 9 heteroatoms. The molecule has 0 unspecified atom stereocenters. The zero-order chi connectivity index (χ0) is 21.5. The fourth-order valence-corrected chi connectivity index (χ4v) is 3.15. The Kier molecular flexibility index (Phi) is 7.37. The topological polar surface area (TPSA) is 93.2 Å². The van der Waals surface area contributed by atoms with Gasteiger partial charge < -0.3 is 15.4 Å². The summed E-state index contributed by atoms with van der Waals surface area (Å²) in [5.74, 6) is 0.136. The van der Waals surface area contributed by atoms with Crippen LogP contribution in [0, 0.1) is 0 Å². The molecule has 2 amide bonds. The minimum Gasteiger partial charge on any atom is -0.486 e. The van der Waals surface area contributed by atoms with Crippen LogP contribution in [-0.4, -0.2) is 28.1 Å². The zero-order valence-corrected chi connectivity index (χ0v) is 18.1. The number of amides is 2. The monoisotopic (exact) mass is 444 g/mol. The predicted molar refractivity (Wildman–Crippen MR) is 117 cm³/mol. The molecule has 0 saturated heterocycles. The van der Waals surface area contributed by atoms with Crippen molar-refractivity contribution in [2.75, 3.05) is 5.32 Å². The maximum atomic E-state index is 12.4. The minimum absolute atomic E-state index is 0.104. The molecule has 2 N–H and O–H groups in total. The van der Waals surface area contributed by atoms with Crippen LogP contribution < -0.4 is 15.4 Å². The van der Waals surface area contributed by atoms with E-state index in [1.807, 2.05) is 13.8 Å². The third-order valence-electron chi connectivity index (χ3n) is 4.23. The van der Waals surface area contributed by atoms with Crippen molar-refractivity contribution in [3.8, 4) is 5.75 Å². The number of nitrogens with zero attached hydrogens (tertiary/aromatic N) is 2. The highest BCUT2D eigenvalue weighted by Crippen LogP contribution is 2.19. The number of nitrogens with one attached hydrogen (secondary N) is 2. The average molecular weight is 445 g/mol. The second-order valence-corrected chi connectivity index (χ2v) is 8.06. The summed E-state index contributed by atoms with van der Waals surface area (Å²) in [4.78, 5) is 24.5. The van der Waals surface area contributed by atoms with Crippen molar-refractivity contribution in [2.24, 2.45) is 0 Å². The number of carbonyl (C=O) groups is 2. The smallest absolute Gasteiger partial charge is 0.286 e. The number of carbonyl (C=O) groups excluding carboxylic acids is 2. The molecule has 1 aromatic heterocycles. The van der Waals surface area contributed by atoms with E-state index in [0.717, 1.165) is 17.8 Å². The van der Waals surface area contributed by atoms with E-state index in [0.29, 0.717) is 27.0 Å². The quantitative estimate of drug-likeness (QED) is 0.531. The second-order valence-electron chi connectivity index (χ2n) is 6.56. The van der Waals surface area contributed by atoms with Crippen LogP contribution >= 0.6 is 22.9 Å². The molecular weight excluding hydrogens is 424 g/mol. The molecule has 2 aromatic carbocycles. The van der Waals surface area contributed by atoms with Crippen molar-refractivity contribution in [3.05, 3.63) is 69.1 Å². The summed E-state index contributed by atoms with van der Waals surface area (Å²) >= 11 is 6.99. The van der Waals surface area contributed by atoms with E-state index in [-0.39, 0.29) is 29.5 Å². The average Bonchev–Trinajstić information content (AvgIpc) is 3.23. The molecule has 0 aliphatic heterocycles. The molecular formula is C21H21ClN4O3S. The zero-order valence-electron chi connectivity index (χ0n) is 16.5. The molecule has 0 aliphatic carbocycles. The standard InChI is InChI=1S/C21H21ClN4O3S/c1-3-13(2)23-19(27)14-4-8-16(9-5-14)24-20(28)21-26-25-18(30-21)12-29-17-10-6-15(22)7-11-17/h4-11,13H,3,12H2,1-2H3,(H,23,27)(H,24,28)/t13-/m0/s1. The van der Waals surface area contributed by atoms with Gasteiger partial charge in [-0.2, -0.15) is 0 Å². The van der Waals surface area contributed by atoms with Gasteiger partial charge in [-0.05, 0) is 61.9 Å². The van der Waals surface area contributed by atoms with E-state index in [2.05, 4.69) is 20.8 Å². The van der Waals surface area contributed by atoms with E-state index in [9.17, 15) is 9.59 Å². The first-order valence-electron chi connectivity index (χ1n) is 9.37. The van der Waals surface area contributed by atoms with Crippen molar-refractivity contribution in [3.63, 3.8) is 0 Å². The number of hydrogen-bond donors (Lipinski definition) is 2. The van der Waals surface area contributed by atoms with Gasteiger partial charge >= 0.3 is 0 Å². The van der Waals surface area contributed by atoms with Crippen LogP contribution in [0.5, 0.6) is 5.75 Å². The van der Waals surface area contributed by atoms with Crippen LogP contribution in [-0.2, 0) is 6.61 Å².